The third kappa shape index (κ3) is 2.24. The number of nitrogens with one attached hydrogen (secondary N) is 1. The minimum absolute atomic E-state index is 0.163. The van der Waals surface area contributed by atoms with Gasteiger partial charge >= 0.3 is 0 Å². The number of para-hydroxylation sites is 1. The Morgan fingerprint density at radius 1 is 1.16 bits per heavy atom. The lowest BCUT2D eigenvalue weighted by atomic mass is 10.2. The summed E-state index contributed by atoms with van der Waals surface area (Å²) in [5.41, 5.74) is 1.51. The molecular formula is C14H12N2O2S. The number of hydrogen-bond acceptors (Lipinski definition) is 4. The lowest BCUT2D eigenvalue weighted by Crippen LogP contribution is -2.34. The molecule has 5 heteroatoms. The van der Waals surface area contributed by atoms with Crippen molar-refractivity contribution in [2.24, 2.45) is 0 Å². The van der Waals surface area contributed by atoms with Crippen LogP contribution >= 0.6 is 11.3 Å². The first-order valence-electron chi connectivity index (χ1n) is 5.96. The predicted octanol–water partition coefficient (Wildman–Crippen LogP) is 2.49. The molecule has 2 aromatic rings. The van der Waals surface area contributed by atoms with Gasteiger partial charge in [0.1, 0.15) is 6.04 Å². The molecular weight excluding hydrogens is 260 g/mol. The second-order valence-corrected chi connectivity index (χ2v) is 5.10. The number of anilines is 2. The first kappa shape index (κ1) is 11.9. The van der Waals surface area contributed by atoms with Gasteiger partial charge in [0, 0.05) is 11.1 Å². The molecule has 1 unspecified atom stereocenters. The monoisotopic (exact) mass is 272 g/mol. The van der Waals surface area contributed by atoms with Crippen molar-refractivity contribution >= 4 is 34.5 Å². The number of carbonyl (C=O) groups is 2. The summed E-state index contributed by atoms with van der Waals surface area (Å²) < 4.78 is 0. The lowest BCUT2D eigenvalue weighted by Gasteiger charge is -2.15. The van der Waals surface area contributed by atoms with Gasteiger partial charge in [-0.1, -0.05) is 18.2 Å². The lowest BCUT2D eigenvalue weighted by molar-refractivity contribution is -0.121. The van der Waals surface area contributed by atoms with E-state index in [1.807, 2.05) is 35.0 Å². The van der Waals surface area contributed by atoms with Crippen LogP contribution < -0.4 is 10.2 Å². The van der Waals surface area contributed by atoms with E-state index in [4.69, 9.17) is 0 Å². The van der Waals surface area contributed by atoms with Crippen LogP contribution in [-0.2, 0) is 9.59 Å². The summed E-state index contributed by atoms with van der Waals surface area (Å²) in [6, 6.07) is 10.4. The molecule has 1 saturated heterocycles. The van der Waals surface area contributed by atoms with Crippen molar-refractivity contribution in [2.45, 2.75) is 12.5 Å². The van der Waals surface area contributed by atoms with Crippen molar-refractivity contribution < 1.29 is 9.59 Å². The standard InChI is InChI=1S/C14H12N2O2S/c17-13-8-12(15-10-6-7-19-9-10)14(18)16(13)11-4-2-1-3-5-11/h1-7,9,12,15H,8H2. The Kier molecular flexibility index (Phi) is 3.05. The van der Waals surface area contributed by atoms with Crippen LogP contribution in [-0.4, -0.2) is 17.9 Å². The number of carbonyl (C=O) groups excluding carboxylic acids is 2. The van der Waals surface area contributed by atoms with Gasteiger partial charge in [-0.3, -0.25) is 9.59 Å². The van der Waals surface area contributed by atoms with Crippen LogP contribution in [0.25, 0.3) is 0 Å². The number of hydrogen-bond donors (Lipinski definition) is 1. The normalized spacial score (nSPS) is 18.9. The molecule has 1 atom stereocenters. The number of benzene rings is 1. The van der Waals surface area contributed by atoms with Gasteiger partial charge < -0.3 is 5.32 Å². The van der Waals surface area contributed by atoms with E-state index in [9.17, 15) is 9.59 Å². The van der Waals surface area contributed by atoms with Gasteiger partial charge in [-0.15, -0.1) is 0 Å². The molecule has 1 aliphatic rings. The molecule has 1 aliphatic heterocycles. The molecule has 3 rings (SSSR count). The van der Waals surface area contributed by atoms with Crippen molar-refractivity contribution in [3.63, 3.8) is 0 Å². The first-order chi connectivity index (χ1) is 9.25. The van der Waals surface area contributed by atoms with E-state index in [1.54, 1.807) is 23.5 Å². The second kappa shape index (κ2) is 4.85. The smallest absolute Gasteiger partial charge is 0.256 e. The zero-order valence-corrected chi connectivity index (χ0v) is 10.9. The molecule has 0 saturated carbocycles. The van der Waals surface area contributed by atoms with Gasteiger partial charge in [0.05, 0.1) is 12.1 Å². The average Bonchev–Trinajstić information content (AvgIpc) is 3.01. The summed E-state index contributed by atoms with van der Waals surface area (Å²) in [5.74, 6) is -0.355. The maximum atomic E-state index is 12.3. The third-order valence-corrected chi connectivity index (χ3v) is 3.71. The molecule has 0 bridgehead atoms. The van der Waals surface area contributed by atoms with Crippen LogP contribution in [0.1, 0.15) is 6.42 Å². The van der Waals surface area contributed by atoms with E-state index in [0.29, 0.717) is 5.69 Å². The largest absolute Gasteiger partial charge is 0.373 e. The zero-order chi connectivity index (χ0) is 13.2. The van der Waals surface area contributed by atoms with Crippen molar-refractivity contribution in [2.75, 3.05) is 10.2 Å². The summed E-state index contributed by atoms with van der Waals surface area (Å²) in [4.78, 5) is 25.5. The molecule has 1 aromatic carbocycles. The minimum Gasteiger partial charge on any atom is -0.373 e. The van der Waals surface area contributed by atoms with E-state index in [2.05, 4.69) is 5.32 Å². The SMILES string of the molecule is O=C1CC(Nc2ccsc2)C(=O)N1c1ccccc1. The van der Waals surface area contributed by atoms with Crippen molar-refractivity contribution in [3.05, 3.63) is 47.2 Å². The highest BCUT2D eigenvalue weighted by atomic mass is 32.1. The van der Waals surface area contributed by atoms with Crippen LogP contribution in [0.2, 0.25) is 0 Å². The molecule has 1 fully saturated rings. The highest BCUT2D eigenvalue weighted by molar-refractivity contribution is 7.08. The van der Waals surface area contributed by atoms with Crippen LogP contribution in [0.3, 0.4) is 0 Å². The highest BCUT2D eigenvalue weighted by Gasteiger charge is 2.39. The fraction of sp³-hybridized carbons (Fsp3) is 0.143. The Morgan fingerprint density at radius 2 is 1.95 bits per heavy atom. The fourth-order valence-electron chi connectivity index (χ4n) is 2.14. The van der Waals surface area contributed by atoms with Crippen molar-refractivity contribution in [1.29, 1.82) is 0 Å². The summed E-state index contributed by atoms with van der Waals surface area (Å²) in [5, 5.41) is 6.95. The Labute approximate surface area is 114 Å². The number of imide groups is 1. The summed E-state index contributed by atoms with van der Waals surface area (Å²) in [7, 11) is 0. The van der Waals surface area contributed by atoms with Gasteiger partial charge in [-0.05, 0) is 23.6 Å². The molecule has 4 nitrogen and oxygen atoms in total. The molecule has 2 heterocycles. The summed E-state index contributed by atoms with van der Waals surface area (Å²) in [6.45, 7) is 0. The van der Waals surface area contributed by atoms with Gasteiger partial charge in [0.25, 0.3) is 5.91 Å². The maximum absolute atomic E-state index is 12.3. The van der Waals surface area contributed by atoms with E-state index >= 15 is 0 Å². The molecule has 2 amide bonds. The first-order valence-corrected chi connectivity index (χ1v) is 6.90. The average molecular weight is 272 g/mol. The second-order valence-electron chi connectivity index (χ2n) is 4.32. The molecule has 0 aliphatic carbocycles. The number of amides is 2. The molecule has 19 heavy (non-hydrogen) atoms. The van der Waals surface area contributed by atoms with Gasteiger partial charge in [-0.25, -0.2) is 4.90 Å². The van der Waals surface area contributed by atoms with Gasteiger partial charge in [-0.2, -0.15) is 11.3 Å². The predicted molar refractivity (Wildman–Crippen MR) is 75.3 cm³/mol. The fourth-order valence-corrected chi connectivity index (χ4v) is 2.74. The molecule has 0 radical (unpaired) electrons. The van der Waals surface area contributed by atoms with E-state index in [0.717, 1.165) is 5.69 Å². The van der Waals surface area contributed by atoms with Crippen LogP contribution in [0.4, 0.5) is 11.4 Å². The minimum atomic E-state index is -0.470. The molecule has 1 N–H and O–H groups in total. The van der Waals surface area contributed by atoms with E-state index in [-0.39, 0.29) is 18.2 Å². The highest BCUT2D eigenvalue weighted by Crippen LogP contribution is 2.25. The number of thiophene rings is 1. The topological polar surface area (TPSA) is 49.4 Å². The van der Waals surface area contributed by atoms with Crippen molar-refractivity contribution in [3.8, 4) is 0 Å². The Bertz CT molecular complexity index is 595. The summed E-state index contributed by atoms with van der Waals surface area (Å²) in [6.07, 6.45) is 0.198. The zero-order valence-electron chi connectivity index (χ0n) is 10.1. The summed E-state index contributed by atoms with van der Waals surface area (Å²) >= 11 is 1.55. The van der Waals surface area contributed by atoms with Gasteiger partial charge in [0.15, 0.2) is 0 Å². The van der Waals surface area contributed by atoms with Crippen LogP contribution in [0, 0.1) is 0 Å². The maximum Gasteiger partial charge on any atom is 0.256 e. The van der Waals surface area contributed by atoms with Gasteiger partial charge in [0.2, 0.25) is 5.91 Å². The van der Waals surface area contributed by atoms with Crippen molar-refractivity contribution in [1.82, 2.24) is 0 Å². The van der Waals surface area contributed by atoms with Crippen LogP contribution in [0.5, 0.6) is 0 Å². The third-order valence-electron chi connectivity index (χ3n) is 3.02. The molecule has 96 valence electrons. The molecule has 1 aromatic heterocycles. The number of nitrogens with zero attached hydrogens (tertiary/aromatic N) is 1. The Balaban J connectivity index is 1.82. The van der Waals surface area contributed by atoms with E-state index < -0.39 is 6.04 Å². The Morgan fingerprint density at radius 3 is 2.63 bits per heavy atom. The van der Waals surface area contributed by atoms with Crippen LogP contribution in [0.15, 0.2) is 47.2 Å². The quantitative estimate of drug-likeness (QED) is 0.873. The Hall–Kier alpha value is -2.14. The molecule has 0 spiro atoms. The number of rotatable bonds is 3. The van der Waals surface area contributed by atoms with E-state index in [1.165, 1.54) is 4.90 Å².